The van der Waals surface area contributed by atoms with Crippen molar-refractivity contribution in [2.45, 2.75) is 0 Å². The number of methoxy groups -OCH3 is 1. The molecular formula is C19H12BrClN4O3. The van der Waals surface area contributed by atoms with Crippen LogP contribution in [0.3, 0.4) is 0 Å². The van der Waals surface area contributed by atoms with E-state index in [4.69, 9.17) is 22.1 Å². The molecule has 0 amide bonds. The highest BCUT2D eigenvalue weighted by Crippen LogP contribution is 2.30. The first-order valence-corrected chi connectivity index (χ1v) is 9.23. The fraction of sp³-hybridized carbons (Fsp3) is 0.0526. The molecule has 7 nitrogen and oxygen atoms in total. The maximum atomic E-state index is 13.3. The van der Waals surface area contributed by atoms with Crippen LogP contribution in [0.25, 0.3) is 27.5 Å². The Morgan fingerprint density at radius 1 is 1.18 bits per heavy atom. The van der Waals surface area contributed by atoms with E-state index in [0.29, 0.717) is 37.2 Å². The molecule has 0 saturated carbocycles. The zero-order valence-corrected chi connectivity index (χ0v) is 16.8. The van der Waals surface area contributed by atoms with Gasteiger partial charge < -0.3 is 10.5 Å². The van der Waals surface area contributed by atoms with Gasteiger partial charge >= 0.3 is 5.97 Å². The van der Waals surface area contributed by atoms with Gasteiger partial charge in [0, 0.05) is 22.4 Å². The third-order valence-corrected chi connectivity index (χ3v) is 5.14. The minimum Gasteiger partial charge on any atom is -0.465 e. The highest BCUT2D eigenvalue weighted by atomic mass is 79.9. The number of benzene rings is 1. The van der Waals surface area contributed by atoms with Gasteiger partial charge in [0.2, 0.25) is 0 Å². The van der Waals surface area contributed by atoms with E-state index >= 15 is 0 Å². The van der Waals surface area contributed by atoms with Gasteiger partial charge in [-0.25, -0.2) is 14.8 Å². The molecule has 0 unspecified atom stereocenters. The number of nitrogen functional groups attached to an aromatic ring is 1. The molecular weight excluding hydrogens is 448 g/mol. The maximum absolute atomic E-state index is 13.3. The lowest BCUT2D eigenvalue weighted by Crippen LogP contribution is -2.28. The second-order valence-corrected chi connectivity index (χ2v) is 7.07. The lowest BCUT2D eigenvalue weighted by molar-refractivity contribution is 0.0600. The van der Waals surface area contributed by atoms with Crippen molar-refractivity contribution in [3.05, 3.63) is 68.3 Å². The summed E-state index contributed by atoms with van der Waals surface area (Å²) in [5, 5.41) is 2.08. The van der Waals surface area contributed by atoms with Gasteiger partial charge in [0.25, 0.3) is 5.56 Å². The Kier molecular flexibility index (Phi) is 4.52. The summed E-state index contributed by atoms with van der Waals surface area (Å²) in [5.74, 6) is -0.819. The minimum absolute atomic E-state index is 0.0167. The van der Waals surface area contributed by atoms with Crippen molar-refractivity contribution >= 4 is 61.0 Å². The van der Waals surface area contributed by atoms with Crippen molar-refractivity contribution < 1.29 is 9.53 Å². The van der Waals surface area contributed by atoms with E-state index in [1.807, 2.05) is 0 Å². The standard InChI is InChI=1S/C19H12BrClN4O3/c1-28-19(27)14-15(22)11-5-6-13(20)24-17(11)25(18(14)26)12-4-2-3-10-9(12)7-8-23-16(10)21/h2-8H,22H2,1H3. The predicted molar refractivity (Wildman–Crippen MR) is 111 cm³/mol. The third kappa shape index (κ3) is 2.73. The number of nitrogens with zero attached hydrogens (tertiary/aromatic N) is 3. The molecule has 0 aliphatic carbocycles. The average Bonchev–Trinajstić information content (AvgIpc) is 2.68. The van der Waals surface area contributed by atoms with E-state index in [9.17, 15) is 9.59 Å². The van der Waals surface area contributed by atoms with Gasteiger partial charge in [0.05, 0.1) is 18.5 Å². The van der Waals surface area contributed by atoms with Crippen LogP contribution in [-0.4, -0.2) is 27.6 Å². The van der Waals surface area contributed by atoms with Gasteiger partial charge in [0.15, 0.2) is 5.65 Å². The second-order valence-electron chi connectivity index (χ2n) is 5.90. The number of anilines is 1. The fourth-order valence-corrected chi connectivity index (χ4v) is 3.66. The van der Waals surface area contributed by atoms with Crippen LogP contribution in [0.1, 0.15) is 10.4 Å². The van der Waals surface area contributed by atoms with Crippen molar-refractivity contribution in [1.29, 1.82) is 0 Å². The Bertz CT molecular complexity index is 1340. The van der Waals surface area contributed by atoms with E-state index in [1.165, 1.54) is 11.7 Å². The number of hydrogen-bond donors (Lipinski definition) is 1. The summed E-state index contributed by atoms with van der Waals surface area (Å²) < 4.78 is 6.62. The quantitative estimate of drug-likeness (QED) is 0.362. The summed E-state index contributed by atoms with van der Waals surface area (Å²) in [6, 6.07) is 10.4. The highest BCUT2D eigenvalue weighted by Gasteiger charge is 2.24. The van der Waals surface area contributed by atoms with Crippen LogP contribution in [0.15, 0.2) is 52.0 Å². The molecule has 0 aliphatic rings. The molecule has 9 heteroatoms. The van der Waals surface area contributed by atoms with Crippen LogP contribution in [0.2, 0.25) is 5.15 Å². The van der Waals surface area contributed by atoms with Crippen molar-refractivity contribution in [3.63, 3.8) is 0 Å². The van der Waals surface area contributed by atoms with Gasteiger partial charge in [-0.1, -0.05) is 23.7 Å². The molecule has 3 aromatic heterocycles. The molecule has 4 aromatic rings. The first kappa shape index (κ1) is 18.4. The van der Waals surface area contributed by atoms with Gasteiger partial charge in [0.1, 0.15) is 15.3 Å². The van der Waals surface area contributed by atoms with Crippen molar-refractivity contribution in [3.8, 4) is 5.69 Å². The van der Waals surface area contributed by atoms with Gasteiger partial charge in [-0.15, -0.1) is 0 Å². The Morgan fingerprint density at radius 3 is 2.71 bits per heavy atom. The molecule has 140 valence electrons. The number of ether oxygens (including phenoxy) is 1. The van der Waals surface area contributed by atoms with Crippen LogP contribution in [-0.2, 0) is 4.74 Å². The van der Waals surface area contributed by atoms with Gasteiger partial charge in [-0.2, -0.15) is 0 Å². The lowest BCUT2D eigenvalue weighted by Gasteiger charge is -2.16. The molecule has 0 radical (unpaired) electrons. The average molecular weight is 460 g/mol. The summed E-state index contributed by atoms with van der Waals surface area (Å²) in [5.41, 5.74) is 6.05. The van der Waals surface area contributed by atoms with E-state index in [1.54, 1.807) is 42.6 Å². The van der Waals surface area contributed by atoms with Gasteiger partial charge in [-0.05, 0) is 40.2 Å². The summed E-state index contributed by atoms with van der Waals surface area (Å²) >= 11 is 9.53. The topological polar surface area (TPSA) is 100 Å². The largest absolute Gasteiger partial charge is 0.465 e. The molecule has 28 heavy (non-hydrogen) atoms. The summed E-state index contributed by atoms with van der Waals surface area (Å²) in [6.07, 6.45) is 1.54. The Morgan fingerprint density at radius 2 is 1.96 bits per heavy atom. The fourth-order valence-electron chi connectivity index (χ4n) is 3.14. The lowest BCUT2D eigenvalue weighted by atomic mass is 10.1. The van der Waals surface area contributed by atoms with E-state index < -0.39 is 11.5 Å². The number of aromatic nitrogens is 3. The predicted octanol–water partition coefficient (Wildman–Crippen LogP) is 3.72. The van der Waals surface area contributed by atoms with Crippen LogP contribution in [0.4, 0.5) is 5.69 Å². The Hall–Kier alpha value is -2.97. The molecule has 1 aromatic carbocycles. The highest BCUT2D eigenvalue weighted by molar-refractivity contribution is 9.10. The SMILES string of the molecule is COC(=O)c1c(N)c2ccc(Br)nc2n(-c2cccc3c(Cl)nccc23)c1=O. The number of nitrogens with two attached hydrogens (primary N) is 1. The summed E-state index contributed by atoms with van der Waals surface area (Å²) in [6.45, 7) is 0. The first-order chi connectivity index (χ1) is 13.4. The first-order valence-electron chi connectivity index (χ1n) is 8.06. The van der Waals surface area contributed by atoms with Gasteiger partial charge in [-0.3, -0.25) is 9.36 Å². The molecule has 3 heterocycles. The number of esters is 1. The molecule has 0 atom stereocenters. The van der Waals surface area contributed by atoms with Crippen LogP contribution >= 0.6 is 27.5 Å². The molecule has 0 fully saturated rings. The molecule has 0 spiro atoms. The zero-order valence-electron chi connectivity index (χ0n) is 14.4. The van der Waals surface area contributed by atoms with E-state index in [0.717, 1.165) is 0 Å². The third-order valence-electron chi connectivity index (χ3n) is 4.39. The number of rotatable bonds is 2. The molecule has 4 rings (SSSR count). The van der Waals surface area contributed by atoms with Crippen molar-refractivity contribution in [2.75, 3.05) is 12.8 Å². The van der Waals surface area contributed by atoms with Crippen molar-refractivity contribution in [1.82, 2.24) is 14.5 Å². The maximum Gasteiger partial charge on any atom is 0.345 e. The number of halogens is 2. The number of fused-ring (bicyclic) bond motifs is 2. The molecule has 0 aliphatic heterocycles. The minimum atomic E-state index is -0.819. The van der Waals surface area contributed by atoms with Crippen molar-refractivity contribution in [2.24, 2.45) is 0 Å². The van der Waals surface area contributed by atoms with Crippen LogP contribution in [0.5, 0.6) is 0 Å². The number of pyridine rings is 3. The normalized spacial score (nSPS) is 11.1. The second kappa shape index (κ2) is 6.88. The Balaban J connectivity index is 2.25. The van der Waals surface area contributed by atoms with Crippen LogP contribution in [0, 0.1) is 0 Å². The molecule has 0 saturated heterocycles. The van der Waals surface area contributed by atoms with E-state index in [-0.39, 0.29) is 11.3 Å². The van der Waals surface area contributed by atoms with Crippen LogP contribution < -0.4 is 11.3 Å². The van der Waals surface area contributed by atoms with E-state index in [2.05, 4.69) is 25.9 Å². The monoisotopic (exact) mass is 458 g/mol. The summed E-state index contributed by atoms with van der Waals surface area (Å²) in [7, 11) is 1.19. The smallest absolute Gasteiger partial charge is 0.345 e. The Labute approximate surface area is 171 Å². The number of carbonyl (C=O) groups excluding carboxylic acids is 1. The number of carbonyl (C=O) groups is 1. The number of hydrogen-bond acceptors (Lipinski definition) is 6. The zero-order chi connectivity index (χ0) is 20.0. The summed E-state index contributed by atoms with van der Waals surface area (Å²) in [4.78, 5) is 34.1. The molecule has 2 N–H and O–H groups in total. The molecule has 0 bridgehead atoms.